The molecule has 0 aliphatic heterocycles. The minimum Gasteiger partial charge on any atom is -0.0590 e. The van der Waals surface area contributed by atoms with Crippen molar-refractivity contribution in [3.8, 4) is 22.3 Å². The maximum Gasteiger partial charge on any atom is -0.0122 e. The van der Waals surface area contributed by atoms with E-state index in [4.69, 9.17) is 0 Å². The summed E-state index contributed by atoms with van der Waals surface area (Å²) in [5, 5.41) is 0. The van der Waals surface area contributed by atoms with E-state index in [1.165, 1.54) is 55.6 Å². The lowest BCUT2D eigenvalue weighted by Crippen LogP contribution is -1.94. The van der Waals surface area contributed by atoms with Crippen LogP contribution in [0.5, 0.6) is 0 Å². The molecule has 0 saturated carbocycles. The summed E-state index contributed by atoms with van der Waals surface area (Å²) in [5.41, 5.74) is 13.3. The van der Waals surface area contributed by atoms with Crippen molar-refractivity contribution >= 4 is 0 Å². The Hall–Kier alpha value is -2.34. The molecule has 0 aliphatic carbocycles. The summed E-state index contributed by atoms with van der Waals surface area (Å²) in [6, 6.07) is 18.2. The largest absolute Gasteiger partial charge is 0.0590 e. The van der Waals surface area contributed by atoms with Crippen LogP contribution in [0.2, 0.25) is 0 Å². The summed E-state index contributed by atoms with van der Waals surface area (Å²) in [6.07, 6.45) is 0. The SMILES string of the molecule is Cc1cc(C)cc(-c2cc(C)c(-c3cc(C)ccc3C)c(C)c2)c1. The van der Waals surface area contributed by atoms with Gasteiger partial charge in [-0.25, -0.2) is 0 Å². The van der Waals surface area contributed by atoms with Gasteiger partial charge in [0.1, 0.15) is 0 Å². The maximum absolute atomic E-state index is 2.33. The van der Waals surface area contributed by atoms with Gasteiger partial charge in [0.25, 0.3) is 0 Å². The first-order valence-corrected chi connectivity index (χ1v) is 8.62. The van der Waals surface area contributed by atoms with Crippen molar-refractivity contribution in [1.82, 2.24) is 0 Å². The van der Waals surface area contributed by atoms with Crippen molar-refractivity contribution < 1.29 is 0 Å². The van der Waals surface area contributed by atoms with Crippen molar-refractivity contribution in [3.05, 3.63) is 81.9 Å². The fraction of sp³-hybridized carbons (Fsp3) is 0.250. The van der Waals surface area contributed by atoms with Gasteiger partial charge in [-0.3, -0.25) is 0 Å². The molecule has 0 atom stereocenters. The Kier molecular flexibility index (Phi) is 4.32. The molecule has 3 aromatic carbocycles. The number of hydrogen-bond donors (Lipinski definition) is 0. The van der Waals surface area contributed by atoms with E-state index < -0.39 is 0 Å². The van der Waals surface area contributed by atoms with E-state index in [1.54, 1.807) is 0 Å². The summed E-state index contributed by atoms with van der Waals surface area (Å²) in [4.78, 5) is 0. The molecule has 0 spiro atoms. The van der Waals surface area contributed by atoms with Crippen LogP contribution in [0, 0.1) is 41.5 Å². The zero-order valence-corrected chi connectivity index (χ0v) is 15.6. The number of benzene rings is 3. The molecule has 3 rings (SSSR count). The minimum absolute atomic E-state index is 1.31. The van der Waals surface area contributed by atoms with E-state index in [0.29, 0.717) is 0 Å². The van der Waals surface area contributed by atoms with E-state index >= 15 is 0 Å². The van der Waals surface area contributed by atoms with Gasteiger partial charge >= 0.3 is 0 Å². The second-order valence-electron chi connectivity index (χ2n) is 7.18. The highest BCUT2D eigenvalue weighted by Gasteiger charge is 2.11. The molecular formula is C24H26. The maximum atomic E-state index is 2.33. The second kappa shape index (κ2) is 6.28. The smallest absolute Gasteiger partial charge is 0.0122 e. The molecule has 122 valence electrons. The van der Waals surface area contributed by atoms with Crippen LogP contribution in [0.3, 0.4) is 0 Å². The van der Waals surface area contributed by atoms with Crippen LogP contribution >= 0.6 is 0 Å². The average molecular weight is 314 g/mol. The standard InChI is InChI=1S/C24H26/c1-15-7-8-18(4)23(12-15)24-19(5)13-22(14-20(24)6)21-10-16(2)9-17(3)11-21/h7-14H,1-6H3. The van der Waals surface area contributed by atoms with E-state index in [2.05, 4.69) is 90.1 Å². The van der Waals surface area contributed by atoms with Crippen LogP contribution < -0.4 is 0 Å². The first-order valence-electron chi connectivity index (χ1n) is 8.62. The molecule has 0 fully saturated rings. The van der Waals surface area contributed by atoms with E-state index in [9.17, 15) is 0 Å². The Balaban J connectivity index is 2.18. The highest BCUT2D eigenvalue weighted by Crippen LogP contribution is 2.34. The summed E-state index contributed by atoms with van der Waals surface area (Å²) >= 11 is 0. The lowest BCUT2D eigenvalue weighted by atomic mass is 9.88. The normalized spacial score (nSPS) is 10.9. The monoisotopic (exact) mass is 314 g/mol. The van der Waals surface area contributed by atoms with Crippen molar-refractivity contribution in [2.45, 2.75) is 41.5 Å². The molecule has 0 heterocycles. The van der Waals surface area contributed by atoms with Crippen molar-refractivity contribution in [1.29, 1.82) is 0 Å². The van der Waals surface area contributed by atoms with Crippen LogP contribution in [0.4, 0.5) is 0 Å². The summed E-state index contributed by atoms with van der Waals surface area (Å²) < 4.78 is 0. The Morgan fingerprint density at radius 2 is 1.00 bits per heavy atom. The van der Waals surface area contributed by atoms with Gasteiger partial charge < -0.3 is 0 Å². The fourth-order valence-electron chi connectivity index (χ4n) is 3.70. The van der Waals surface area contributed by atoms with Crippen molar-refractivity contribution in [2.75, 3.05) is 0 Å². The predicted molar refractivity (Wildman–Crippen MR) is 106 cm³/mol. The third-order valence-electron chi connectivity index (χ3n) is 4.75. The molecule has 3 aromatic rings. The molecule has 24 heavy (non-hydrogen) atoms. The molecule has 0 unspecified atom stereocenters. The van der Waals surface area contributed by atoms with Crippen LogP contribution in [-0.2, 0) is 0 Å². The zero-order chi connectivity index (χ0) is 17.4. The van der Waals surface area contributed by atoms with Crippen LogP contribution in [0.25, 0.3) is 22.3 Å². The third kappa shape index (κ3) is 3.14. The quantitative estimate of drug-likeness (QED) is 0.484. The number of rotatable bonds is 2. The number of hydrogen-bond acceptors (Lipinski definition) is 0. The van der Waals surface area contributed by atoms with E-state index in [0.717, 1.165) is 0 Å². The average Bonchev–Trinajstić information content (AvgIpc) is 2.49. The lowest BCUT2D eigenvalue weighted by Gasteiger charge is -2.16. The Labute approximate surface area is 146 Å². The molecule has 0 N–H and O–H groups in total. The summed E-state index contributed by atoms with van der Waals surface area (Å²) in [6.45, 7) is 13.2. The van der Waals surface area contributed by atoms with Gasteiger partial charge in [-0.1, -0.05) is 65.2 Å². The lowest BCUT2D eigenvalue weighted by molar-refractivity contribution is 1.32. The first-order chi connectivity index (χ1) is 11.3. The summed E-state index contributed by atoms with van der Waals surface area (Å²) in [5.74, 6) is 0. The molecule has 0 nitrogen and oxygen atoms in total. The third-order valence-corrected chi connectivity index (χ3v) is 4.75. The fourth-order valence-corrected chi connectivity index (χ4v) is 3.70. The van der Waals surface area contributed by atoms with Gasteiger partial charge in [-0.2, -0.15) is 0 Å². The molecule has 0 aromatic heterocycles. The molecule has 0 amide bonds. The second-order valence-corrected chi connectivity index (χ2v) is 7.18. The minimum atomic E-state index is 1.31. The van der Waals surface area contributed by atoms with Gasteiger partial charge in [0.15, 0.2) is 0 Å². The molecule has 0 aliphatic rings. The number of aryl methyl sites for hydroxylation is 6. The molecular weight excluding hydrogens is 288 g/mol. The van der Waals surface area contributed by atoms with E-state index in [-0.39, 0.29) is 0 Å². The first kappa shape index (κ1) is 16.5. The van der Waals surface area contributed by atoms with Crippen molar-refractivity contribution in [2.24, 2.45) is 0 Å². The van der Waals surface area contributed by atoms with Gasteiger partial charge in [0.2, 0.25) is 0 Å². The summed E-state index contributed by atoms with van der Waals surface area (Å²) in [7, 11) is 0. The molecule has 0 bridgehead atoms. The topological polar surface area (TPSA) is 0 Å². The van der Waals surface area contributed by atoms with Gasteiger partial charge in [0, 0.05) is 0 Å². The highest BCUT2D eigenvalue weighted by molar-refractivity contribution is 5.79. The van der Waals surface area contributed by atoms with Gasteiger partial charge in [-0.05, 0) is 80.5 Å². The van der Waals surface area contributed by atoms with Gasteiger partial charge in [-0.15, -0.1) is 0 Å². The molecule has 0 heteroatoms. The van der Waals surface area contributed by atoms with Crippen LogP contribution in [-0.4, -0.2) is 0 Å². The zero-order valence-electron chi connectivity index (χ0n) is 15.6. The van der Waals surface area contributed by atoms with Gasteiger partial charge in [0.05, 0.1) is 0 Å². The Bertz CT molecular complexity index is 870. The van der Waals surface area contributed by atoms with Crippen molar-refractivity contribution in [3.63, 3.8) is 0 Å². The molecule has 0 saturated heterocycles. The predicted octanol–water partition coefficient (Wildman–Crippen LogP) is 6.87. The molecule has 0 radical (unpaired) electrons. The Morgan fingerprint density at radius 3 is 1.58 bits per heavy atom. The van der Waals surface area contributed by atoms with Crippen LogP contribution in [0.1, 0.15) is 33.4 Å². The van der Waals surface area contributed by atoms with Crippen LogP contribution in [0.15, 0.2) is 48.5 Å². The Morgan fingerprint density at radius 1 is 0.458 bits per heavy atom. The van der Waals surface area contributed by atoms with E-state index in [1.807, 2.05) is 0 Å². The highest BCUT2D eigenvalue weighted by atomic mass is 14.2.